The van der Waals surface area contributed by atoms with Gasteiger partial charge in [-0.05, 0) is 0 Å². The second-order valence-electron chi connectivity index (χ2n) is 0.904. The molecule has 0 fully saturated rings. The van der Waals surface area contributed by atoms with E-state index in [1.807, 2.05) is 0 Å². The summed E-state index contributed by atoms with van der Waals surface area (Å²) in [5.41, 5.74) is 0. The Labute approximate surface area is 92.8 Å². The van der Waals surface area contributed by atoms with Gasteiger partial charge in [0.1, 0.15) is 0 Å². The van der Waals surface area contributed by atoms with E-state index in [1.165, 1.54) is 0 Å². The number of rotatable bonds is 2. The van der Waals surface area contributed by atoms with Gasteiger partial charge in [0.05, 0.1) is 0 Å². The summed E-state index contributed by atoms with van der Waals surface area (Å²) in [6.07, 6.45) is 0. The molecule has 0 aliphatic heterocycles. The maximum atomic E-state index is 9.40. The van der Waals surface area contributed by atoms with Crippen LogP contribution in [0.5, 0.6) is 0 Å². The van der Waals surface area contributed by atoms with E-state index in [-0.39, 0.29) is 43.1 Å². The minimum absolute atomic E-state index is 0. The molecular weight excluding hydrogens is 231 g/mol. The van der Waals surface area contributed by atoms with Crippen LogP contribution < -0.4 is 29.6 Å². The Morgan fingerprint density at radius 1 is 1.18 bits per heavy atom. The summed E-state index contributed by atoms with van der Waals surface area (Å²) in [5.74, 6) is 0. The summed E-state index contributed by atoms with van der Waals surface area (Å²) in [4.78, 5) is 0. The van der Waals surface area contributed by atoms with E-state index >= 15 is 0 Å². The van der Waals surface area contributed by atoms with E-state index in [4.69, 9.17) is 4.55 Å². The third-order valence-electron chi connectivity index (χ3n) is 0.169. The van der Waals surface area contributed by atoms with Crippen molar-refractivity contribution in [3.63, 3.8) is 0 Å². The van der Waals surface area contributed by atoms with Gasteiger partial charge in [0.2, 0.25) is 10.4 Å². The van der Waals surface area contributed by atoms with E-state index in [0.29, 0.717) is 0 Å². The molecule has 0 heterocycles. The number of hydrogen-bond acceptors (Lipinski definition) is 6. The van der Waals surface area contributed by atoms with Crippen LogP contribution in [0.1, 0.15) is 0 Å². The molecule has 0 amide bonds. The van der Waals surface area contributed by atoms with Crippen molar-refractivity contribution >= 4 is 34.3 Å². The molecule has 0 radical (unpaired) electrons. The molecular formula is H3NaO7S3. The Bertz CT molecular complexity index is 239. The monoisotopic (exact) mass is 234 g/mol. The third kappa shape index (κ3) is 18.2. The van der Waals surface area contributed by atoms with Crippen LogP contribution in [0.3, 0.4) is 0 Å². The van der Waals surface area contributed by atoms with E-state index in [2.05, 4.69) is 3.63 Å². The largest absolute Gasteiger partial charge is 1.00 e. The van der Waals surface area contributed by atoms with Gasteiger partial charge < -0.3 is 4.55 Å². The summed E-state index contributed by atoms with van der Waals surface area (Å²) >= 11 is 0. The molecule has 0 unspecified atom stereocenters. The summed E-state index contributed by atoms with van der Waals surface area (Å²) in [6.45, 7) is 0. The average molecular weight is 234 g/mol. The van der Waals surface area contributed by atoms with E-state index in [1.54, 1.807) is 0 Å². The van der Waals surface area contributed by atoms with Gasteiger partial charge in [-0.2, -0.15) is 21.9 Å². The van der Waals surface area contributed by atoms with Crippen molar-refractivity contribution in [2.75, 3.05) is 0 Å². The molecule has 0 aromatic carbocycles. The molecule has 0 aliphatic rings. The first-order valence-electron chi connectivity index (χ1n) is 1.35. The first-order chi connectivity index (χ1) is 3.71. The predicted octanol–water partition coefficient (Wildman–Crippen LogP) is -4.62. The minimum Gasteiger partial charge on any atom is -0.725 e. The van der Waals surface area contributed by atoms with Crippen molar-refractivity contribution in [1.82, 2.24) is 0 Å². The fourth-order valence-corrected chi connectivity index (χ4v) is 0.948. The van der Waals surface area contributed by atoms with Crippen LogP contribution >= 0.6 is 13.5 Å². The molecule has 0 aliphatic carbocycles. The average Bonchev–Trinajstić information content (AvgIpc) is 1.14. The standard InChI is InChI=1S/Na.H2O7S2.H2S/c;1-8(2,3)7-9(4,5)6;/h;(H,1,2,3)(H,4,5,6);1H2/q+1;;/p-1. The topological polar surface area (TPSA) is 121 Å². The Morgan fingerprint density at radius 3 is 1.45 bits per heavy atom. The van der Waals surface area contributed by atoms with Crippen molar-refractivity contribution in [2.24, 2.45) is 0 Å². The first kappa shape index (κ1) is 18.0. The van der Waals surface area contributed by atoms with Gasteiger partial charge in [-0.1, -0.05) is 0 Å². The zero-order valence-electron chi connectivity index (χ0n) is 5.21. The second-order valence-corrected chi connectivity index (χ2v) is 3.12. The molecule has 0 aromatic rings. The van der Waals surface area contributed by atoms with E-state index in [9.17, 15) is 21.4 Å². The maximum Gasteiger partial charge on any atom is 1.00 e. The molecule has 0 bridgehead atoms. The fourth-order valence-electron chi connectivity index (χ4n) is 0.105. The van der Waals surface area contributed by atoms with Crippen molar-refractivity contribution < 1.29 is 59.1 Å². The molecule has 0 aromatic heterocycles. The van der Waals surface area contributed by atoms with Crippen LogP contribution in [0.2, 0.25) is 0 Å². The van der Waals surface area contributed by atoms with E-state index in [0.717, 1.165) is 0 Å². The quantitative estimate of drug-likeness (QED) is 0.290. The summed E-state index contributed by atoms with van der Waals surface area (Å²) in [6, 6.07) is 0. The van der Waals surface area contributed by atoms with Gasteiger partial charge in [0.15, 0.2) is 0 Å². The SMILES string of the molecule is O=S(=O)([O-])OS(=O)(=O)O.S.[Na+]. The van der Waals surface area contributed by atoms with Gasteiger partial charge in [0, 0.05) is 0 Å². The summed E-state index contributed by atoms with van der Waals surface area (Å²) in [7, 11) is -10.6. The van der Waals surface area contributed by atoms with Crippen LogP contribution in [0.4, 0.5) is 0 Å². The molecule has 0 spiro atoms. The molecule has 7 nitrogen and oxygen atoms in total. The maximum absolute atomic E-state index is 9.40. The predicted molar refractivity (Wildman–Crippen MR) is 32.7 cm³/mol. The molecule has 0 rings (SSSR count). The van der Waals surface area contributed by atoms with Crippen LogP contribution in [-0.4, -0.2) is 25.9 Å². The van der Waals surface area contributed by atoms with Crippen molar-refractivity contribution in [2.45, 2.75) is 0 Å². The van der Waals surface area contributed by atoms with Crippen molar-refractivity contribution in [1.29, 1.82) is 0 Å². The van der Waals surface area contributed by atoms with Crippen molar-refractivity contribution in [3.05, 3.63) is 0 Å². The molecule has 11 heavy (non-hydrogen) atoms. The smallest absolute Gasteiger partial charge is 0.725 e. The third-order valence-corrected chi connectivity index (χ3v) is 1.52. The summed E-state index contributed by atoms with van der Waals surface area (Å²) in [5, 5.41) is 0. The Hall–Kier alpha value is 1.13. The molecule has 0 saturated heterocycles. The fraction of sp³-hybridized carbons (Fsp3) is 0. The second kappa shape index (κ2) is 5.72. The zero-order valence-corrected chi connectivity index (χ0v) is 9.85. The van der Waals surface area contributed by atoms with Crippen LogP contribution in [0, 0.1) is 0 Å². The molecule has 0 saturated carbocycles. The first-order valence-corrected chi connectivity index (χ1v) is 4.05. The molecule has 11 heteroatoms. The van der Waals surface area contributed by atoms with Crippen LogP contribution in [0.15, 0.2) is 0 Å². The summed E-state index contributed by atoms with van der Waals surface area (Å²) < 4.78 is 56.9. The molecule has 0 atom stereocenters. The van der Waals surface area contributed by atoms with E-state index < -0.39 is 20.8 Å². The van der Waals surface area contributed by atoms with Gasteiger partial charge >= 0.3 is 40.0 Å². The van der Waals surface area contributed by atoms with Crippen LogP contribution in [0.25, 0.3) is 0 Å². The van der Waals surface area contributed by atoms with Gasteiger partial charge in [-0.15, -0.1) is 3.63 Å². The Balaban J connectivity index is -0.000000320. The van der Waals surface area contributed by atoms with Crippen molar-refractivity contribution in [3.8, 4) is 0 Å². The van der Waals surface area contributed by atoms with Gasteiger partial charge in [0.25, 0.3) is 0 Å². The Kier molecular flexibility index (Phi) is 9.37. The zero-order chi connectivity index (χ0) is 7.71. The minimum atomic E-state index is -5.37. The van der Waals surface area contributed by atoms with Gasteiger partial charge in [-0.25, -0.2) is 8.42 Å². The van der Waals surface area contributed by atoms with Crippen LogP contribution in [-0.2, 0) is 24.4 Å². The normalized spacial score (nSPS) is 11.1. The molecule has 64 valence electrons. The van der Waals surface area contributed by atoms with Gasteiger partial charge in [-0.3, -0.25) is 4.55 Å². The number of hydrogen-bond donors (Lipinski definition) is 1. The Morgan fingerprint density at radius 2 is 1.45 bits per heavy atom. The molecule has 1 N–H and O–H groups in total.